The van der Waals surface area contributed by atoms with Gasteiger partial charge in [0.1, 0.15) is 6.04 Å². The predicted molar refractivity (Wildman–Crippen MR) is 140 cm³/mol. The predicted octanol–water partition coefficient (Wildman–Crippen LogP) is 4.33. The number of hydrogen-bond donors (Lipinski definition) is 1. The molecule has 2 aliphatic heterocycles. The molecule has 1 N–H and O–H groups in total. The number of rotatable bonds is 6. The SMILES string of the molecule is O=C1[C@@H](NS(=O)(=O)c2ccc3cc(Cl)ccc3c2)CCCN1CC(=O)N1CCCC1C1CCCCC1. The number of likely N-dealkylation sites (tertiary alicyclic amines) is 2. The summed E-state index contributed by atoms with van der Waals surface area (Å²) in [5.41, 5.74) is 0. The molecule has 36 heavy (non-hydrogen) atoms. The van der Waals surface area contributed by atoms with Gasteiger partial charge in [-0.25, -0.2) is 8.42 Å². The number of carbonyl (C=O) groups excluding carboxylic acids is 2. The summed E-state index contributed by atoms with van der Waals surface area (Å²) < 4.78 is 28.9. The van der Waals surface area contributed by atoms with Gasteiger partial charge in [0.15, 0.2) is 0 Å². The highest BCUT2D eigenvalue weighted by molar-refractivity contribution is 7.89. The van der Waals surface area contributed by atoms with Crippen LogP contribution in [-0.4, -0.2) is 61.7 Å². The fourth-order valence-electron chi connectivity index (χ4n) is 6.19. The molecule has 1 saturated carbocycles. The molecule has 194 valence electrons. The van der Waals surface area contributed by atoms with Crippen molar-refractivity contribution in [2.24, 2.45) is 5.92 Å². The molecule has 3 fully saturated rings. The van der Waals surface area contributed by atoms with E-state index in [1.807, 2.05) is 4.90 Å². The van der Waals surface area contributed by atoms with Crippen LogP contribution in [0.1, 0.15) is 57.8 Å². The zero-order valence-electron chi connectivity index (χ0n) is 20.5. The molecule has 7 nitrogen and oxygen atoms in total. The molecule has 3 aliphatic rings. The maximum Gasteiger partial charge on any atom is 0.242 e. The van der Waals surface area contributed by atoms with E-state index >= 15 is 0 Å². The minimum atomic E-state index is -3.91. The van der Waals surface area contributed by atoms with Gasteiger partial charge in [0.25, 0.3) is 0 Å². The van der Waals surface area contributed by atoms with Crippen LogP contribution in [0.15, 0.2) is 41.3 Å². The number of nitrogens with one attached hydrogen (secondary N) is 1. The molecule has 1 unspecified atom stereocenters. The van der Waals surface area contributed by atoms with Gasteiger partial charge in [-0.2, -0.15) is 4.72 Å². The number of benzene rings is 2. The number of piperidine rings is 1. The highest BCUT2D eigenvalue weighted by Gasteiger charge is 2.38. The zero-order chi connectivity index (χ0) is 25.3. The first kappa shape index (κ1) is 25.5. The van der Waals surface area contributed by atoms with Gasteiger partial charge in [0.2, 0.25) is 21.8 Å². The third kappa shape index (κ3) is 5.41. The lowest BCUT2D eigenvalue weighted by Crippen LogP contribution is -2.55. The molecule has 2 aromatic carbocycles. The summed E-state index contributed by atoms with van der Waals surface area (Å²) in [6.45, 7) is 1.25. The lowest BCUT2D eigenvalue weighted by Gasteiger charge is -2.37. The second-order valence-corrected chi connectivity index (χ2v) is 12.6. The van der Waals surface area contributed by atoms with E-state index in [0.717, 1.165) is 30.2 Å². The Morgan fingerprint density at radius 2 is 1.64 bits per heavy atom. The molecule has 0 spiro atoms. The number of sulfonamides is 1. The average molecular weight is 532 g/mol. The van der Waals surface area contributed by atoms with Crippen molar-refractivity contribution in [3.05, 3.63) is 41.4 Å². The molecule has 0 bridgehead atoms. The molecular formula is C27H34ClN3O4S. The standard InChI is InChI=1S/C27H34ClN3O4S/c28-22-12-10-21-17-23(13-11-20(21)16-22)36(34,35)29-24-8-4-14-30(27(24)33)18-26(32)31-15-5-9-25(31)19-6-2-1-3-7-19/h10-13,16-17,19,24-25,29H,1-9,14-15,18H2/t24-,25?/m0/s1. The molecule has 0 aromatic heterocycles. The van der Waals surface area contributed by atoms with Crippen molar-refractivity contribution in [3.63, 3.8) is 0 Å². The van der Waals surface area contributed by atoms with Crippen LogP contribution in [0.25, 0.3) is 10.8 Å². The Morgan fingerprint density at radius 3 is 2.44 bits per heavy atom. The molecule has 9 heteroatoms. The quantitative estimate of drug-likeness (QED) is 0.601. The molecule has 0 radical (unpaired) electrons. The smallest absolute Gasteiger partial charge is 0.242 e. The summed E-state index contributed by atoms with van der Waals surface area (Å²) in [7, 11) is -3.91. The average Bonchev–Trinajstić information content (AvgIpc) is 3.37. The summed E-state index contributed by atoms with van der Waals surface area (Å²) in [5, 5.41) is 2.17. The van der Waals surface area contributed by atoms with Crippen LogP contribution >= 0.6 is 11.6 Å². The Hall–Kier alpha value is -2.16. The van der Waals surface area contributed by atoms with E-state index in [1.54, 1.807) is 30.3 Å². The van der Waals surface area contributed by atoms with Crippen molar-refractivity contribution in [3.8, 4) is 0 Å². The van der Waals surface area contributed by atoms with Crippen LogP contribution in [0.2, 0.25) is 5.02 Å². The Morgan fingerprint density at radius 1 is 0.917 bits per heavy atom. The molecule has 2 heterocycles. The second-order valence-electron chi connectivity index (χ2n) is 10.4. The van der Waals surface area contributed by atoms with Gasteiger partial charge < -0.3 is 9.80 Å². The van der Waals surface area contributed by atoms with Gasteiger partial charge in [0, 0.05) is 24.2 Å². The van der Waals surface area contributed by atoms with Gasteiger partial charge in [-0.1, -0.05) is 43.0 Å². The van der Waals surface area contributed by atoms with Crippen LogP contribution in [0.4, 0.5) is 0 Å². The van der Waals surface area contributed by atoms with E-state index in [4.69, 9.17) is 11.6 Å². The molecule has 5 rings (SSSR count). The Balaban J connectivity index is 1.24. The third-order valence-corrected chi connectivity index (χ3v) is 9.76. The van der Waals surface area contributed by atoms with Crippen molar-refractivity contribution in [2.75, 3.05) is 19.6 Å². The van der Waals surface area contributed by atoms with E-state index in [9.17, 15) is 18.0 Å². The first-order valence-electron chi connectivity index (χ1n) is 13.1. The van der Waals surface area contributed by atoms with Crippen LogP contribution in [0, 0.1) is 5.92 Å². The lowest BCUT2D eigenvalue weighted by molar-refractivity contribution is -0.144. The van der Waals surface area contributed by atoms with Crippen molar-refractivity contribution in [1.82, 2.24) is 14.5 Å². The Bertz CT molecular complexity index is 1240. The van der Waals surface area contributed by atoms with Gasteiger partial charge in [-0.3, -0.25) is 9.59 Å². The molecule has 1 aliphatic carbocycles. The summed E-state index contributed by atoms with van der Waals surface area (Å²) >= 11 is 6.03. The normalized spacial score (nSPS) is 24.0. The van der Waals surface area contributed by atoms with Crippen LogP contribution in [-0.2, 0) is 19.6 Å². The van der Waals surface area contributed by atoms with Crippen LogP contribution in [0.3, 0.4) is 0 Å². The monoisotopic (exact) mass is 531 g/mol. The lowest BCUT2D eigenvalue weighted by atomic mass is 9.83. The maximum absolute atomic E-state index is 13.3. The molecular weight excluding hydrogens is 498 g/mol. The Labute approximate surface area is 218 Å². The van der Waals surface area contributed by atoms with Crippen molar-refractivity contribution in [1.29, 1.82) is 0 Å². The van der Waals surface area contributed by atoms with Crippen LogP contribution < -0.4 is 4.72 Å². The number of halogens is 1. The van der Waals surface area contributed by atoms with Crippen molar-refractivity contribution >= 4 is 44.2 Å². The van der Waals surface area contributed by atoms with E-state index in [1.165, 1.54) is 43.1 Å². The zero-order valence-corrected chi connectivity index (χ0v) is 22.1. The van der Waals surface area contributed by atoms with E-state index in [-0.39, 0.29) is 29.3 Å². The van der Waals surface area contributed by atoms with Gasteiger partial charge in [0.05, 0.1) is 11.4 Å². The molecule has 2 saturated heterocycles. The summed E-state index contributed by atoms with van der Waals surface area (Å²) in [6, 6.07) is 9.50. The molecule has 2 aromatic rings. The highest BCUT2D eigenvalue weighted by atomic mass is 35.5. The summed E-state index contributed by atoms with van der Waals surface area (Å²) in [4.78, 5) is 30.1. The maximum atomic E-state index is 13.3. The highest BCUT2D eigenvalue weighted by Crippen LogP contribution is 2.34. The fraction of sp³-hybridized carbons (Fsp3) is 0.556. The largest absolute Gasteiger partial charge is 0.338 e. The minimum Gasteiger partial charge on any atom is -0.338 e. The first-order chi connectivity index (χ1) is 17.3. The van der Waals surface area contributed by atoms with Gasteiger partial charge >= 0.3 is 0 Å². The number of hydrogen-bond acceptors (Lipinski definition) is 4. The summed E-state index contributed by atoms with van der Waals surface area (Å²) in [6.07, 6.45) is 9.25. The number of nitrogens with zero attached hydrogens (tertiary/aromatic N) is 2. The van der Waals surface area contributed by atoms with Crippen molar-refractivity contribution in [2.45, 2.75) is 74.8 Å². The number of amides is 2. The second kappa shape index (κ2) is 10.7. The summed E-state index contributed by atoms with van der Waals surface area (Å²) in [5.74, 6) is 0.243. The minimum absolute atomic E-state index is 0.00637. The van der Waals surface area contributed by atoms with E-state index in [0.29, 0.717) is 30.3 Å². The number of carbonyl (C=O) groups is 2. The van der Waals surface area contributed by atoms with E-state index in [2.05, 4.69) is 4.72 Å². The third-order valence-electron chi connectivity index (χ3n) is 8.05. The Kier molecular flexibility index (Phi) is 7.56. The van der Waals surface area contributed by atoms with E-state index < -0.39 is 16.1 Å². The molecule has 2 atom stereocenters. The number of fused-ring (bicyclic) bond motifs is 1. The van der Waals surface area contributed by atoms with Crippen LogP contribution in [0.5, 0.6) is 0 Å². The fourth-order valence-corrected chi connectivity index (χ4v) is 7.63. The van der Waals surface area contributed by atoms with Gasteiger partial charge in [-0.15, -0.1) is 0 Å². The van der Waals surface area contributed by atoms with Gasteiger partial charge in [-0.05, 0) is 79.5 Å². The van der Waals surface area contributed by atoms with Crippen molar-refractivity contribution < 1.29 is 18.0 Å². The molecule has 2 amide bonds. The topological polar surface area (TPSA) is 86.8 Å². The first-order valence-corrected chi connectivity index (χ1v) is 15.0.